The fourth-order valence-corrected chi connectivity index (χ4v) is 3.04. The molecule has 0 radical (unpaired) electrons. The summed E-state index contributed by atoms with van der Waals surface area (Å²) in [5.41, 5.74) is -0.177. The molecule has 2 saturated heterocycles. The normalized spacial score (nSPS) is 27.4. The third-order valence-electron chi connectivity index (χ3n) is 4.10. The molecule has 2 atom stereocenters. The molecule has 2 aliphatic heterocycles. The second kappa shape index (κ2) is 4.67. The molecule has 0 unspecified atom stereocenters. The number of nitrogens with zero attached hydrogens (tertiary/aromatic N) is 2. The lowest BCUT2D eigenvalue weighted by Crippen LogP contribution is -2.40. The maximum atomic E-state index is 12.7. The Kier molecular flexibility index (Phi) is 3.12. The predicted octanol–water partition coefficient (Wildman–Crippen LogP) is 2.15. The third kappa shape index (κ3) is 2.54. The third-order valence-corrected chi connectivity index (χ3v) is 4.10. The highest BCUT2D eigenvalue weighted by molar-refractivity contribution is 5.47. The van der Waals surface area contributed by atoms with Crippen molar-refractivity contribution in [3.63, 3.8) is 0 Å². The van der Waals surface area contributed by atoms with Gasteiger partial charge in [-0.15, -0.1) is 0 Å². The van der Waals surface area contributed by atoms with Crippen LogP contribution in [0.15, 0.2) is 18.3 Å². The van der Waals surface area contributed by atoms with Crippen molar-refractivity contribution < 1.29 is 13.2 Å². The van der Waals surface area contributed by atoms with Crippen LogP contribution in [0.3, 0.4) is 0 Å². The van der Waals surface area contributed by atoms with E-state index in [4.69, 9.17) is 0 Å². The van der Waals surface area contributed by atoms with Gasteiger partial charge >= 0.3 is 6.18 Å². The highest BCUT2D eigenvalue weighted by atomic mass is 19.4. The molecule has 0 aliphatic carbocycles. The smallest absolute Gasteiger partial charge is 0.371 e. The molecule has 0 amide bonds. The number of aromatic nitrogens is 1. The van der Waals surface area contributed by atoms with Gasteiger partial charge in [-0.1, -0.05) is 0 Å². The minimum absolute atomic E-state index is 0.552. The first-order valence-corrected chi connectivity index (χ1v) is 6.53. The number of rotatable bonds is 1. The molecule has 1 N–H and O–H groups in total. The molecule has 0 spiro atoms. The van der Waals surface area contributed by atoms with Crippen molar-refractivity contribution in [2.24, 2.45) is 11.8 Å². The zero-order valence-corrected chi connectivity index (χ0v) is 10.5. The van der Waals surface area contributed by atoms with Crippen LogP contribution in [0.2, 0.25) is 0 Å². The molecule has 0 aromatic carbocycles. The number of anilines is 1. The Morgan fingerprint density at radius 1 is 1.26 bits per heavy atom. The summed E-state index contributed by atoms with van der Waals surface area (Å²) < 4.78 is 38.0. The largest absolute Gasteiger partial charge is 0.433 e. The van der Waals surface area contributed by atoms with Crippen molar-refractivity contribution in [1.82, 2.24) is 10.3 Å². The molecule has 3 rings (SSSR count). The van der Waals surface area contributed by atoms with E-state index < -0.39 is 11.9 Å². The van der Waals surface area contributed by atoms with Gasteiger partial charge in [-0.05, 0) is 43.5 Å². The second-order valence-electron chi connectivity index (χ2n) is 5.31. The van der Waals surface area contributed by atoms with E-state index in [1.807, 2.05) is 4.90 Å². The van der Waals surface area contributed by atoms with Crippen molar-refractivity contribution in [2.75, 3.05) is 31.1 Å². The highest BCUT2D eigenvalue weighted by Gasteiger charge is 2.35. The van der Waals surface area contributed by atoms with Crippen LogP contribution in [0, 0.1) is 11.8 Å². The van der Waals surface area contributed by atoms with Crippen LogP contribution in [-0.4, -0.2) is 31.2 Å². The summed E-state index contributed by atoms with van der Waals surface area (Å²) in [5.74, 6) is 1.23. The first-order chi connectivity index (χ1) is 9.04. The molecule has 19 heavy (non-hydrogen) atoms. The number of halogens is 3. The van der Waals surface area contributed by atoms with E-state index >= 15 is 0 Å². The minimum Gasteiger partial charge on any atom is -0.371 e. The lowest BCUT2D eigenvalue weighted by Gasteiger charge is -2.36. The fourth-order valence-electron chi connectivity index (χ4n) is 3.04. The Hall–Kier alpha value is -1.30. The van der Waals surface area contributed by atoms with Gasteiger partial charge < -0.3 is 10.2 Å². The minimum atomic E-state index is -4.37. The Balaban J connectivity index is 1.79. The standard InChI is InChI=1S/C13H16F3N3/c14-13(15,16)12-5-11(1-3-18-12)19-4-2-9-6-17-7-10(9)8-19/h1,3,5,9-10,17H,2,4,6-8H2/t9-,10-/m1/s1. The van der Waals surface area contributed by atoms with Gasteiger partial charge in [0, 0.05) is 25.0 Å². The lowest BCUT2D eigenvalue weighted by molar-refractivity contribution is -0.141. The Labute approximate surface area is 109 Å². The van der Waals surface area contributed by atoms with Crippen molar-refractivity contribution in [3.05, 3.63) is 24.0 Å². The van der Waals surface area contributed by atoms with Gasteiger partial charge in [0.15, 0.2) is 0 Å². The number of piperidine rings is 1. The molecular formula is C13H16F3N3. The quantitative estimate of drug-likeness (QED) is 0.848. The van der Waals surface area contributed by atoms with Crippen LogP contribution in [0.25, 0.3) is 0 Å². The van der Waals surface area contributed by atoms with Gasteiger partial charge in [-0.2, -0.15) is 13.2 Å². The number of nitrogens with one attached hydrogen (secondary N) is 1. The van der Waals surface area contributed by atoms with Crippen molar-refractivity contribution >= 4 is 5.69 Å². The molecule has 2 aliphatic rings. The van der Waals surface area contributed by atoms with E-state index in [1.165, 1.54) is 6.20 Å². The summed E-state index contributed by atoms with van der Waals surface area (Å²) in [6, 6.07) is 2.82. The monoisotopic (exact) mass is 271 g/mol. The van der Waals surface area contributed by atoms with Crippen LogP contribution in [0.5, 0.6) is 0 Å². The van der Waals surface area contributed by atoms with Gasteiger partial charge in [-0.3, -0.25) is 4.98 Å². The average molecular weight is 271 g/mol. The highest BCUT2D eigenvalue weighted by Crippen LogP contribution is 2.33. The Morgan fingerprint density at radius 2 is 2.05 bits per heavy atom. The van der Waals surface area contributed by atoms with Crippen LogP contribution < -0.4 is 10.2 Å². The number of hydrogen-bond acceptors (Lipinski definition) is 3. The van der Waals surface area contributed by atoms with Gasteiger partial charge in [0.25, 0.3) is 0 Å². The number of fused-ring (bicyclic) bond motifs is 1. The molecule has 0 saturated carbocycles. The molecule has 6 heteroatoms. The lowest BCUT2D eigenvalue weighted by atomic mass is 9.88. The van der Waals surface area contributed by atoms with Gasteiger partial charge in [-0.25, -0.2) is 0 Å². The zero-order valence-electron chi connectivity index (χ0n) is 10.5. The van der Waals surface area contributed by atoms with Crippen LogP contribution in [0.1, 0.15) is 12.1 Å². The number of alkyl halides is 3. The summed E-state index contributed by atoms with van der Waals surface area (Å²) in [6.45, 7) is 3.67. The SMILES string of the molecule is FC(F)(F)c1cc(N2CC[C@@H]3CNC[C@@H]3C2)ccn1. The summed E-state index contributed by atoms with van der Waals surface area (Å²) >= 11 is 0. The van der Waals surface area contributed by atoms with Crippen LogP contribution in [0.4, 0.5) is 18.9 Å². The summed E-state index contributed by atoms with van der Waals surface area (Å²) in [6.07, 6.45) is -2.08. The van der Waals surface area contributed by atoms with Gasteiger partial charge in [0.1, 0.15) is 5.69 Å². The van der Waals surface area contributed by atoms with Gasteiger partial charge in [0.2, 0.25) is 0 Å². The van der Waals surface area contributed by atoms with Gasteiger partial charge in [0.05, 0.1) is 0 Å². The first kappa shape index (κ1) is 12.7. The Morgan fingerprint density at radius 3 is 2.84 bits per heavy atom. The molecule has 104 valence electrons. The van der Waals surface area contributed by atoms with Crippen LogP contribution in [-0.2, 0) is 6.18 Å². The molecule has 2 fully saturated rings. The summed E-state index contributed by atoms with van der Waals surface area (Å²) in [7, 11) is 0. The molecule has 1 aromatic heterocycles. The predicted molar refractivity (Wildman–Crippen MR) is 65.9 cm³/mol. The molecule has 1 aromatic rings. The molecular weight excluding hydrogens is 255 g/mol. The Bertz CT molecular complexity index is 461. The van der Waals surface area contributed by atoms with E-state index in [9.17, 15) is 13.2 Å². The maximum absolute atomic E-state index is 12.7. The first-order valence-electron chi connectivity index (χ1n) is 6.53. The number of pyridine rings is 1. The average Bonchev–Trinajstić information content (AvgIpc) is 2.85. The van der Waals surface area contributed by atoms with Crippen molar-refractivity contribution in [1.29, 1.82) is 0 Å². The fraction of sp³-hybridized carbons (Fsp3) is 0.615. The number of hydrogen-bond donors (Lipinski definition) is 1. The topological polar surface area (TPSA) is 28.2 Å². The van der Waals surface area contributed by atoms with E-state index in [1.54, 1.807) is 6.07 Å². The molecule has 3 heterocycles. The van der Waals surface area contributed by atoms with E-state index in [0.29, 0.717) is 17.5 Å². The van der Waals surface area contributed by atoms with Crippen molar-refractivity contribution in [2.45, 2.75) is 12.6 Å². The zero-order chi connectivity index (χ0) is 13.5. The van der Waals surface area contributed by atoms with E-state index in [2.05, 4.69) is 10.3 Å². The summed E-state index contributed by atoms with van der Waals surface area (Å²) in [4.78, 5) is 5.45. The molecule has 3 nitrogen and oxygen atoms in total. The maximum Gasteiger partial charge on any atom is 0.433 e. The van der Waals surface area contributed by atoms with E-state index in [-0.39, 0.29) is 0 Å². The van der Waals surface area contributed by atoms with E-state index in [0.717, 1.165) is 38.7 Å². The van der Waals surface area contributed by atoms with Crippen molar-refractivity contribution in [3.8, 4) is 0 Å². The molecule has 0 bridgehead atoms. The summed E-state index contributed by atoms with van der Waals surface area (Å²) in [5, 5.41) is 3.35. The van der Waals surface area contributed by atoms with Crippen LogP contribution >= 0.6 is 0 Å². The second-order valence-corrected chi connectivity index (χ2v) is 5.31.